The SMILES string of the molecule is COc1ccc(N2C(=O)/C(=C\c3cc(Br)c(O)c(OC)c3)SC2=S)cc1Cl. The number of hydrogen-bond donors (Lipinski definition) is 1. The van der Waals surface area contributed by atoms with E-state index in [1.807, 2.05) is 0 Å². The van der Waals surface area contributed by atoms with Crippen LogP contribution in [0.3, 0.4) is 0 Å². The molecule has 5 nitrogen and oxygen atoms in total. The van der Waals surface area contributed by atoms with Crippen molar-refractivity contribution in [3.8, 4) is 17.2 Å². The van der Waals surface area contributed by atoms with Crippen molar-refractivity contribution in [2.24, 2.45) is 0 Å². The minimum atomic E-state index is -0.255. The number of halogens is 2. The number of anilines is 1. The molecule has 1 amide bonds. The second kappa shape index (κ2) is 8.10. The fourth-order valence-corrected chi connectivity index (χ4v) is 4.48. The Hall–Kier alpha value is -1.74. The fraction of sp³-hybridized carbons (Fsp3) is 0.111. The molecule has 1 aliphatic heterocycles. The van der Waals surface area contributed by atoms with Crippen LogP contribution in [-0.4, -0.2) is 29.6 Å². The number of amides is 1. The molecule has 3 rings (SSSR count). The smallest absolute Gasteiger partial charge is 0.270 e. The van der Waals surface area contributed by atoms with Gasteiger partial charge in [0.25, 0.3) is 5.91 Å². The van der Waals surface area contributed by atoms with E-state index in [1.54, 1.807) is 36.4 Å². The lowest BCUT2D eigenvalue weighted by molar-refractivity contribution is -0.113. The highest BCUT2D eigenvalue weighted by Gasteiger charge is 2.33. The van der Waals surface area contributed by atoms with Crippen LogP contribution in [0.25, 0.3) is 6.08 Å². The van der Waals surface area contributed by atoms with Gasteiger partial charge in [-0.3, -0.25) is 9.69 Å². The zero-order valence-electron chi connectivity index (χ0n) is 14.2. The second-order valence-electron chi connectivity index (χ2n) is 5.39. The molecular formula is C18H13BrClNO4S2. The van der Waals surface area contributed by atoms with Gasteiger partial charge in [-0.2, -0.15) is 0 Å². The van der Waals surface area contributed by atoms with Crippen molar-refractivity contribution >= 4 is 73.5 Å². The summed E-state index contributed by atoms with van der Waals surface area (Å²) in [7, 11) is 2.98. The van der Waals surface area contributed by atoms with Crippen molar-refractivity contribution in [3.63, 3.8) is 0 Å². The number of thioether (sulfide) groups is 1. The Labute approximate surface area is 179 Å². The highest BCUT2D eigenvalue weighted by atomic mass is 79.9. The van der Waals surface area contributed by atoms with Crippen LogP contribution < -0.4 is 14.4 Å². The van der Waals surface area contributed by atoms with E-state index in [-0.39, 0.29) is 11.7 Å². The van der Waals surface area contributed by atoms with E-state index in [0.717, 1.165) is 0 Å². The van der Waals surface area contributed by atoms with Crippen LogP contribution in [-0.2, 0) is 4.79 Å². The lowest BCUT2D eigenvalue weighted by atomic mass is 10.2. The first-order valence-electron chi connectivity index (χ1n) is 7.53. The van der Waals surface area contributed by atoms with E-state index < -0.39 is 0 Å². The monoisotopic (exact) mass is 485 g/mol. The summed E-state index contributed by atoms with van der Waals surface area (Å²) in [6.07, 6.45) is 1.69. The Morgan fingerprint density at radius 3 is 2.56 bits per heavy atom. The van der Waals surface area contributed by atoms with Crippen LogP contribution >= 0.6 is 51.5 Å². The molecule has 2 aromatic rings. The van der Waals surface area contributed by atoms with E-state index in [1.165, 1.54) is 30.9 Å². The summed E-state index contributed by atoms with van der Waals surface area (Å²) in [4.78, 5) is 14.7. The molecule has 1 N–H and O–H groups in total. The molecule has 0 aromatic heterocycles. The lowest BCUT2D eigenvalue weighted by Crippen LogP contribution is -2.27. The summed E-state index contributed by atoms with van der Waals surface area (Å²) in [5, 5.41) is 10.3. The highest BCUT2D eigenvalue weighted by Crippen LogP contribution is 2.40. The van der Waals surface area contributed by atoms with Crippen molar-refractivity contribution in [1.29, 1.82) is 0 Å². The quantitative estimate of drug-likeness (QED) is 0.472. The number of ether oxygens (including phenoxy) is 2. The first-order chi connectivity index (χ1) is 12.8. The van der Waals surface area contributed by atoms with E-state index in [4.69, 9.17) is 33.3 Å². The lowest BCUT2D eigenvalue weighted by Gasteiger charge is -2.15. The van der Waals surface area contributed by atoms with Gasteiger partial charge in [-0.05, 0) is 57.9 Å². The maximum Gasteiger partial charge on any atom is 0.270 e. The number of carbonyl (C=O) groups is 1. The maximum atomic E-state index is 12.9. The zero-order valence-corrected chi connectivity index (χ0v) is 18.1. The number of benzene rings is 2. The Morgan fingerprint density at radius 1 is 1.22 bits per heavy atom. The minimum Gasteiger partial charge on any atom is -0.503 e. The van der Waals surface area contributed by atoms with Gasteiger partial charge in [-0.1, -0.05) is 35.6 Å². The summed E-state index contributed by atoms with van der Waals surface area (Å²) < 4.78 is 11.1. The molecule has 0 unspecified atom stereocenters. The Kier molecular flexibility index (Phi) is 6.00. The van der Waals surface area contributed by atoms with Gasteiger partial charge in [0, 0.05) is 0 Å². The zero-order chi connectivity index (χ0) is 19.7. The largest absolute Gasteiger partial charge is 0.503 e. The third-order valence-electron chi connectivity index (χ3n) is 3.76. The molecule has 1 saturated heterocycles. The van der Waals surface area contributed by atoms with Gasteiger partial charge in [-0.15, -0.1) is 0 Å². The van der Waals surface area contributed by atoms with Crippen LogP contribution in [0.2, 0.25) is 5.02 Å². The highest BCUT2D eigenvalue weighted by molar-refractivity contribution is 9.10. The van der Waals surface area contributed by atoms with Gasteiger partial charge >= 0.3 is 0 Å². The molecule has 1 fully saturated rings. The van der Waals surface area contributed by atoms with E-state index in [9.17, 15) is 9.90 Å². The maximum absolute atomic E-state index is 12.9. The molecule has 0 radical (unpaired) electrons. The minimum absolute atomic E-state index is 0.00456. The van der Waals surface area contributed by atoms with Gasteiger partial charge in [0.15, 0.2) is 15.8 Å². The third-order valence-corrected chi connectivity index (χ3v) is 5.96. The van der Waals surface area contributed by atoms with Crippen LogP contribution in [0.1, 0.15) is 5.56 Å². The number of thiocarbonyl (C=S) groups is 1. The molecule has 1 heterocycles. The van der Waals surface area contributed by atoms with Crippen LogP contribution in [0.5, 0.6) is 17.2 Å². The molecule has 0 aliphatic carbocycles. The Bertz CT molecular complexity index is 980. The molecule has 140 valence electrons. The molecule has 27 heavy (non-hydrogen) atoms. The van der Waals surface area contributed by atoms with Crippen molar-refractivity contribution in [3.05, 3.63) is 50.3 Å². The number of phenolic OH excluding ortho intramolecular Hbond substituents is 1. The molecule has 0 atom stereocenters. The first kappa shape index (κ1) is 20.0. The number of methoxy groups -OCH3 is 2. The Balaban J connectivity index is 1.96. The van der Waals surface area contributed by atoms with Crippen LogP contribution in [0.15, 0.2) is 39.7 Å². The molecule has 0 spiro atoms. The summed E-state index contributed by atoms with van der Waals surface area (Å²) in [6.45, 7) is 0. The van der Waals surface area contributed by atoms with E-state index in [0.29, 0.717) is 41.5 Å². The van der Waals surface area contributed by atoms with Crippen molar-refractivity contribution in [1.82, 2.24) is 0 Å². The number of carbonyl (C=O) groups excluding carboxylic acids is 1. The van der Waals surface area contributed by atoms with Crippen molar-refractivity contribution < 1.29 is 19.4 Å². The van der Waals surface area contributed by atoms with Gasteiger partial charge < -0.3 is 14.6 Å². The van der Waals surface area contributed by atoms with Gasteiger partial charge in [0.05, 0.1) is 34.3 Å². The number of nitrogens with zero attached hydrogens (tertiary/aromatic N) is 1. The van der Waals surface area contributed by atoms with Gasteiger partial charge in [0.2, 0.25) is 0 Å². The predicted octanol–water partition coefficient (Wildman–Crippen LogP) is 5.23. The van der Waals surface area contributed by atoms with Crippen molar-refractivity contribution in [2.45, 2.75) is 0 Å². The molecule has 2 aromatic carbocycles. The first-order valence-corrected chi connectivity index (χ1v) is 9.93. The summed E-state index contributed by atoms with van der Waals surface area (Å²) in [5.41, 5.74) is 1.25. The Morgan fingerprint density at radius 2 is 1.93 bits per heavy atom. The van der Waals surface area contributed by atoms with Gasteiger partial charge in [-0.25, -0.2) is 0 Å². The summed E-state index contributed by atoms with van der Waals surface area (Å²) in [5.74, 6) is 0.556. The standard InChI is InChI=1S/C18H13BrClNO4S2/c1-24-13-4-3-10(8-12(13)20)21-17(23)15(27-18(21)26)7-9-5-11(19)16(22)14(6-9)25-2/h3-8,22H,1-2H3/b15-7+. The van der Waals surface area contributed by atoms with Crippen LogP contribution in [0.4, 0.5) is 5.69 Å². The summed E-state index contributed by atoms with van der Waals surface area (Å²) >= 11 is 16.0. The number of phenols is 1. The summed E-state index contributed by atoms with van der Waals surface area (Å²) in [6, 6.07) is 8.36. The predicted molar refractivity (Wildman–Crippen MR) is 116 cm³/mol. The average Bonchev–Trinajstić information content (AvgIpc) is 2.91. The second-order valence-corrected chi connectivity index (χ2v) is 8.33. The van der Waals surface area contributed by atoms with Crippen molar-refractivity contribution in [2.75, 3.05) is 19.1 Å². The average molecular weight is 487 g/mol. The molecule has 0 bridgehead atoms. The third kappa shape index (κ3) is 3.94. The molecule has 1 aliphatic rings. The molecule has 9 heteroatoms. The topological polar surface area (TPSA) is 59.0 Å². The van der Waals surface area contributed by atoms with Crippen LogP contribution in [0, 0.1) is 0 Å². The molecular weight excluding hydrogens is 474 g/mol. The van der Waals surface area contributed by atoms with E-state index in [2.05, 4.69) is 15.9 Å². The normalized spacial score (nSPS) is 15.6. The number of aromatic hydroxyl groups is 1. The number of rotatable bonds is 4. The fourth-order valence-electron chi connectivity index (χ4n) is 2.47. The van der Waals surface area contributed by atoms with E-state index >= 15 is 0 Å². The van der Waals surface area contributed by atoms with Gasteiger partial charge in [0.1, 0.15) is 5.75 Å². The molecule has 0 saturated carbocycles. The number of hydrogen-bond acceptors (Lipinski definition) is 6.